The van der Waals surface area contributed by atoms with E-state index in [2.05, 4.69) is 38.3 Å². The van der Waals surface area contributed by atoms with Gasteiger partial charge in [0.1, 0.15) is 5.75 Å². The number of likely N-dealkylation sites (tertiary alicyclic amines) is 1. The van der Waals surface area contributed by atoms with E-state index in [9.17, 15) is 0 Å². The second-order valence-corrected chi connectivity index (χ2v) is 7.13. The molecular weight excluding hydrogens is 328 g/mol. The number of nitrogens with one attached hydrogen (secondary N) is 1. The third kappa shape index (κ3) is 3.79. The first-order chi connectivity index (χ1) is 10.3. The highest BCUT2D eigenvalue weighted by molar-refractivity contribution is 9.10. The molecule has 2 saturated heterocycles. The summed E-state index contributed by atoms with van der Waals surface area (Å²) in [6.07, 6.45) is 5.41. The van der Waals surface area contributed by atoms with Crippen LogP contribution in [0.15, 0.2) is 22.7 Å². The number of nitrogens with zero attached hydrogens (tertiary/aromatic N) is 1. The molecule has 2 fully saturated rings. The SMILES string of the molecule is COc1ccc(Br)c(CN2CCC(C3CCCN3)CC2)c1. The maximum absolute atomic E-state index is 5.34. The Morgan fingerprint density at radius 3 is 2.76 bits per heavy atom. The second kappa shape index (κ2) is 7.12. The molecule has 0 aliphatic carbocycles. The average molecular weight is 353 g/mol. The highest BCUT2D eigenvalue weighted by atomic mass is 79.9. The van der Waals surface area contributed by atoms with Crippen molar-refractivity contribution in [2.24, 2.45) is 5.92 Å². The molecule has 4 heteroatoms. The van der Waals surface area contributed by atoms with Gasteiger partial charge >= 0.3 is 0 Å². The van der Waals surface area contributed by atoms with E-state index >= 15 is 0 Å². The number of methoxy groups -OCH3 is 1. The predicted octanol–water partition coefficient (Wildman–Crippen LogP) is 3.42. The third-order valence-corrected chi connectivity index (χ3v) is 5.72. The lowest BCUT2D eigenvalue weighted by Gasteiger charge is -2.35. The van der Waals surface area contributed by atoms with Gasteiger partial charge in [0.15, 0.2) is 0 Å². The molecule has 0 spiro atoms. The molecule has 0 aromatic heterocycles. The molecule has 1 aromatic carbocycles. The van der Waals surface area contributed by atoms with Gasteiger partial charge in [-0.3, -0.25) is 4.90 Å². The summed E-state index contributed by atoms with van der Waals surface area (Å²) in [5, 5.41) is 3.67. The molecular formula is C17H25BrN2O. The van der Waals surface area contributed by atoms with E-state index in [1.165, 1.54) is 55.4 Å². The van der Waals surface area contributed by atoms with Crippen molar-refractivity contribution < 1.29 is 4.74 Å². The lowest BCUT2D eigenvalue weighted by Crippen LogP contribution is -2.40. The molecule has 0 saturated carbocycles. The van der Waals surface area contributed by atoms with Crippen molar-refractivity contribution in [1.29, 1.82) is 0 Å². The molecule has 0 bridgehead atoms. The topological polar surface area (TPSA) is 24.5 Å². The van der Waals surface area contributed by atoms with Crippen LogP contribution in [-0.2, 0) is 6.54 Å². The van der Waals surface area contributed by atoms with Crippen LogP contribution in [0.4, 0.5) is 0 Å². The maximum atomic E-state index is 5.34. The van der Waals surface area contributed by atoms with Crippen molar-refractivity contribution in [3.05, 3.63) is 28.2 Å². The number of hydrogen-bond acceptors (Lipinski definition) is 3. The Morgan fingerprint density at radius 2 is 2.10 bits per heavy atom. The van der Waals surface area contributed by atoms with Crippen LogP contribution in [0.2, 0.25) is 0 Å². The van der Waals surface area contributed by atoms with Crippen molar-refractivity contribution >= 4 is 15.9 Å². The number of hydrogen-bond donors (Lipinski definition) is 1. The summed E-state index contributed by atoms with van der Waals surface area (Å²) in [6, 6.07) is 7.03. The Balaban J connectivity index is 1.55. The minimum atomic E-state index is 0.788. The van der Waals surface area contributed by atoms with E-state index in [-0.39, 0.29) is 0 Å². The molecule has 1 unspecified atom stereocenters. The van der Waals surface area contributed by atoms with Gasteiger partial charge in [-0.1, -0.05) is 15.9 Å². The molecule has 1 aromatic rings. The fourth-order valence-electron chi connectivity index (χ4n) is 3.67. The number of piperidine rings is 1. The Labute approximate surface area is 136 Å². The van der Waals surface area contributed by atoms with E-state index in [1.807, 2.05) is 6.07 Å². The highest BCUT2D eigenvalue weighted by Crippen LogP contribution is 2.28. The zero-order chi connectivity index (χ0) is 14.7. The zero-order valence-electron chi connectivity index (χ0n) is 12.8. The lowest BCUT2D eigenvalue weighted by atomic mass is 9.88. The summed E-state index contributed by atoms with van der Waals surface area (Å²) in [4.78, 5) is 2.57. The van der Waals surface area contributed by atoms with Gasteiger partial charge in [-0.2, -0.15) is 0 Å². The van der Waals surface area contributed by atoms with E-state index in [0.717, 1.165) is 24.3 Å². The summed E-state index contributed by atoms with van der Waals surface area (Å²) in [6.45, 7) is 4.67. The van der Waals surface area contributed by atoms with Gasteiger partial charge in [-0.25, -0.2) is 0 Å². The van der Waals surface area contributed by atoms with E-state index in [0.29, 0.717) is 0 Å². The molecule has 2 aliphatic rings. The molecule has 0 amide bonds. The van der Waals surface area contributed by atoms with E-state index < -0.39 is 0 Å². The van der Waals surface area contributed by atoms with Crippen LogP contribution < -0.4 is 10.1 Å². The first-order valence-corrected chi connectivity index (χ1v) is 8.83. The summed E-state index contributed by atoms with van der Waals surface area (Å²) in [5.41, 5.74) is 1.33. The largest absolute Gasteiger partial charge is 0.497 e. The average Bonchev–Trinajstić information content (AvgIpc) is 3.04. The molecule has 116 valence electrons. The van der Waals surface area contributed by atoms with Crippen LogP contribution in [0, 0.1) is 5.92 Å². The standard InChI is InChI=1S/C17H25BrN2O/c1-21-15-4-5-16(18)14(11-15)12-20-9-6-13(7-10-20)17-3-2-8-19-17/h4-5,11,13,17,19H,2-3,6-10,12H2,1H3. The van der Waals surface area contributed by atoms with E-state index in [4.69, 9.17) is 4.74 Å². The van der Waals surface area contributed by atoms with E-state index in [1.54, 1.807) is 7.11 Å². The van der Waals surface area contributed by atoms with Crippen molar-refractivity contribution in [3.8, 4) is 5.75 Å². The smallest absolute Gasteiger partial charge is 0.119 e. The molecule has 0 radical (unpaired) electrons. The highest BCUT2D eigenvalue weighted by Gasteiger charge is 2.28. The molecule has 3 rings (SSSR count). The predicted molar refractivity (Wildman–Crippen MR) is 89.7 cm³/mol. The van der Waals surface area contributed by atoms with Gasteiger partial charge in [0.05, 0.1) is 7.11 Å². The molecule has 1 atom stereocenters. The molecule has 3 nitrogen and oxygen atoms in total. The molecule has 2 aliphatic heterocycles. The molecule has 1 N–H and O–H groups in total. The number of benzene rings is 1. The summed E-state index contributed by atoms with van der Waals surface area (Å²) >= 11 is 3.66. The van der Waals surface area contributed by atoms with Crippen molar-refractivity contribution in [3.63, 3.8) is 0 Å². The summed E-state index contributed by atoms with van der Waals surface area (Å²) in [5.74, 6) is 1.83. The zero-order valence-corrected chi connectivity index (χ0v) is 14.4. The molecule has 21 heavy (non-hydrogen) atoms. The van der Waals surface area contributed by atoms with Crippen LogP contribution in [0.5, 0.6) is 5.75 Å². The van der Waals surface area contributed by atoms with Crippen LogP contribution in [0.1, 0.15) is 31.2 Å². The van der Waals surface area contributed by atoms with Crippen molar-refractivity contribution in [2.75, 3.05) is 26.7 Å². The van der Waals surface area contributed by atoms with Gasteiger partial charge < -0.3 is 10.1 Å². The second-order valence-electron chi connectivity index (χ2n) is 6.27. The lowest BCUT2D eigenvalue weighted by molar-refractivity contribution is 0.157. The van der Waals surface area contributed by atoms with Crippen molar-refractivity contribution in [2.45, 2.75) is 38.3 Å². The Bertz CT molecular complexity index is 466. The van der Waals surface area contributed by atoms with Gasteiger partial charge in [-0.05, 0) is 75.0 Å². The van der Waals surface area contributed by atoms with Crippen LogP contribution >= 0.6 is 15.9 Å². The number of halogens is 1. The van der Waals surface area contributed by atoms with Crippen molar-refractivity contribution in [1.82, 2.24) is 10.2 Å². The first-order valence-electron chi connectivity index (χ1n) is 8.04. The van der Waals surface area contributed by atoms with Gasteiger partial charge in [-0.15, -0.1) is 0 Å². The Kier molecular flexibility index (Phi) is 5.19. The summed E-state index contributed by atoms with van der Waals surface area (Å²) in [7, 11) is 1.73. The quantitative estimate of drug-likeness (QED) is 0.898. The number of rotatable bonds is 4. The Hall–Kier alpha value is -0.580. The van der Waals surface area contributed by atoms with Gasteiger partial charge in [0.25, 0.3) is 0 Å². The van der Waals surface area contributed by atoms with Crippen LogP contribution in [0.3, 0.4) is 0 Å². The minimum absolute atomic E-state index is 0.788. The van der Waals surface area contributed by atoms with Crippen LogP contribution in [0.25, 0.3) is 0 Å². The van der Waals surface area contributed by atoms with Gasteiger partial charge in [0.2, 0.25) is 0 Å². The van der Waals surface area contributed by atoms with Gasteiger partial charge in [0, 0.05) is 17.1 Å². The molecule has 2 heterocycles. The number of ether oxygens (including phenoxy) is 1. The normalized spacial score (nSPS) is 24.4. The summed E-state index contributed by atoms with van der Waals surface area (Å²) < 4.78 is 6.52. The maximum Gasteiger partial charge on any atom is 0.119 e. The monoisotopic (exact) mass is 352 g/mol. The van der Waals surface area contributed by atoms with Crippen LogP contribution in [-0.4, -0.2) is 37.7 Å². The first kappa shape index (κ1) is 15.3. The minimum Gasteiger partial charge on any atom is -0.497 e. The third-order valence-electron chi connectivity index (χ3n) is 4.95. The fourth-order valence-corrected chi connectivity index (χ4v) is 4.04. The fraction of sp³-hybridized carbons (Fsp3) is 0.647. The Morgan fingerprint density at radius 1 is 1.29 bits per heavy atom.